The predicted molar refractivity (Wildman–Crippen MR) is 91.6 cm³/mol. The molecule has 0 radical (unpaired) electrons. The highest BCUT2D eigenvalue weighted by molar-refractivity contribution is 6.76. The fourth-order valence-electron chi connectivity index (χ4n) is 2.18. The van der Waals surface area contributed by atoms with Gasteiger partial charge in [0.15, 0.2) is 0 Å². The first-order valence-electron chi connectivity index (χ1n) is 7.68. The van der Waals surface area contributed by atoms with Crippen molar-refractivity contribution in [2.45, 2.75) is 32.4 Å². The van der Waals surface area contributed by atoms with E-state index in [-0.39, 0.29) is 0 Å². The van der Waals surface area contributed by atoms with E-state index in [4.69, 9.17) is 4.74 Å². The highest BCUT2D eigenvalue weighted by Gasteiger charge is 2.13. The van der Waals surface area contributed by atoms with Gasteiger partial charge in [0.05, 0.1) is 23.7 Å². The zero-order valence-corrected chi connectivity index (χ0v) is 15.0. The number of aromatic nitrogens is 6. The average Bonchev–Trinajstić information content (AvgIpc) is 3.08. The first-order chi connectivity index (χ1) is 10.9. The molecule has 3 heterocycles. The van der Waals surface area contributed by atoms with Crippen molar-refractivity contribution in [2.24, 2.45) is 7.05 Å². The van der Waals surface area contributed by atoms with Crippen molar-refractivity contribution in [1.82, 2.24) is 29.5 Å². The molecule has 0 aliphatic heterocycles. The number of ether oxygens (including phenoxy) is 1. The molecule has 0 aromatic carbocycles. The van der Waals surface area contributed by atoms with Crippen LogP contribution in [-0.4, -0.2) is 44.2 Å². The van der Waals surface area contributed by atoms with Crippen molar-refractivity contribution < 1.29 is 4.74 Å². The minimum Gasteiger partial charge on any atom is -0.359 e. The topological polar surface area (TPSA) is 70.7 Å². The number of aryl methyl sites for hydroxylation is 1. The monoisotopic (exact) mass is 330 g/mol. The van der Waals surface area contributed by atoms with Gasteiger partial charge in [-0.25, -0.2) is 9.67 Å². The number of fused-ring (bicyclic) bond motifs is 1. The maximum Gasteiger partial charge on any atom is 0.141 e. The van der Waals surface area contributed by atoms with Gasteiger partial charge in [-0.3, -0.25) is 4.98 Å². The second-order valence-electron chi connectivity index (χ2n) is 6.92. The van der Waals surface area contributed by atoms with Crippen molar-refractivity contribution >= 4 is 19.1 Å². The van der Waals surface area contributed by atoms with Gasteiger partial charge in [-0.05, 0) is 12.1 Å². The van der Waals surface area contributed by atoms with Crippen LogP contribution >= 0.6 is 0 Å². The lowest BCUT2D eigenvalue weighted by atomic mass is 10.2. The molecule has 8 heteroatoms. The molecule has 0 amide bonds. The number of hydrogen-bond donors (Lipinski definition) is 0. The Morgan fingerprint density at radius 3 is 2.70 bits per heavy atom. The van der Waals surface area contributed by atoms with Gasteiger partial charge < -0.3 is 9.30 Å². The molecule has 23 heavy (non-hydrogen) atoms. The molecule has 3 aromatic heterocycles. The fourth-order valence-corrected chi connectivity index (χ4v) is 2.94. The Morgan fingerprint density at radius 1 is 1.17 bits per heavy atom. The van der Waals surface area contributed by atoms with E-state index in [1.165, 1.54) is 0 Å². The summed E-state index contributed by atoms with van der Waals surface area (Å²) >= 11 is 0. The molecule has 0 unspecified atom stereocenters. The molecule has 7 nitrogen and oxygen atoms in total. The molecule has 0 fully saturated rings. The van der Waals surface area contributed by atoms with Gasteiger partial charge >= 0.3 is 0 Å². The molecule has 122 valence electrons. The Hall–Kier alpha value is -2.06. The number of imidazole rings is 1. The van der Waals surface area contributed by atoms with Gasteiger partial charge in [0.2, 0.25) is 0 Å². The number of nitrogens with zero attached hydrogens (tertiary/aromatic N) is 6. The summed E-state index contributed by atoms with van der Waals surface area (Å²) in [4.78, 5) is 8.74. The molecule has 0 aliphatic rings. The van der Waals surface area contributed by atoms with Crippen LogP contribution in [0.3, 0.4) is 0 Å². The third-order valence-corrected chi connectivity index (χ3v) is 5.28. The summed E-state index contributed by atoms with van der Waals surface area (Å²) in [5.74, 6) is 0. The van der Waals surface area contributed by atoms with Gasteiger partial charge in [0, 0.05) is 27.9 Å². The Balaban J connectivity index is 1.76. The SMILES string of the molecule is Cn1cnc(-c2cc3c(cn2)nnn3COCC[Si](C)(C)C)c1. The number of rotatable bonds is 6. The van der Waals surface area contributed by atoms with Crippen molar-refractivity contribution in [1.29, 1.82) is 0 Å². The summed E-state index contributed by atoms with van der Waals surface area (Å²) in [5, 5.41) is 8.30. The lowest BCUT2D eigenvalue weighted by molar-refractivity contribution is 0.0803. The second kappa shape index (κ2) is 6.21. The highest BCUT2D eigenvalue weighted by Crippen LogP contribution is 2.19. The summed E-state index contributed by atoms with van der Waals surface area (Å²) in [6, 6.07) is 3.10. The molecule has 0 aliphatic carbocycles. The summed E-state index contributed by atoms with van der Waals surface area (Å²) in [6.07, 6.45) is 5.42. The average molecular weight is 330 g/mol. The third-order valence-electron chi connectivity index (χ3n) is 3.58. The van der Waals surface area contributed by atoms with E-state index in [0.29, 0.717) is 6.73 Å². The fraction of sp³-hybridized carbons (Fsp3) is 0.467. The lowest BCUT2D eigenvalue weighted by Crippen LogP contribution is -2.22. The first kappa shape index (κ1) is 15.8. The molecule has 0 spiro atoms. The van der Waals surface area contributed by atoms with Gasteiger partial charge in [-0.15, -0.1) is 5.10 Å². The maximum atomic E-state index is 5.77. The summed E-state index contributed by atoms with van der Waals surface area (Å²) < 4.78 is 9.44. The second-order valence-corrected chi connectivity index (χ2v) is 12.5. The maximum absolute atomic E-state index is 5.77. The zero-order chi connectivity index (χ0) is 16.4. The summed E-state index contributed by atoms with van der Waals surface area (Å²) in [5.41, 5.74) is 3.32. The molecule has 0 bridgehead atoms. The zero-order valence-electron chi connectivity index (χ0n) is 14.0. The van der Waals surface area contributed by atoms with Crippen molar-refractivity contribution in [2.75, 3.05) is 6.61 Å². The van der Waals surface area contributed by atoms with E-state index in [1.54, 1.807) is 17.2 Å². The molecule has 0 saturated heterocycles. The van der Waals surface area contributed by atoms with Gasteiger partial charge in [0.25, 0.3) is 0 Å². The van der Waals surface area contributed by atoms with Crippen LogP contribution < -0.4 is 0 Å². The Bertz CT molecular complexity index is 804. The summed E-state index contributed by atoms with van der Waals surface area (Å²) in [7, 11) is 0.863. The molecule has 3 rings (SSSR count). The summed E-state index contributed by atoms with van der Waals surface area (Å²) in [6.45, 7) is 8.19. The van der Waals surface area contributed by atoms with Crippen molar-refractivity contribution in [3.63, 3.8) is 0 Å². The lowest BCUT2D eigenvalue weighted by Gasteiger charge is -2.15. The Kier molecular flexibility index (Phi) is 4.27. The largest absolute Gasteiger partial charge is 0.359 e. The van der Waals surface area contributed by atoms with Crippen LogP contribution in [0.5, 0.6) is 0 Å². The van der Waals surface area contributed by atoms with Crippen molar-refractivity contribution in [3.05, 3.63) is 24.8 Å². The van der Waals surface area contributed by atoms with E-state index >= 15 is 0 Å². The molecular formula is C15H22N6OSi. The quantitative estimate of drug-likeness (QED) is 0.513. The molecule has 0 saturated carbocycles. The van der Waals surface area contributed by atoms with E-state index < -0.39 is 8.07 Å². The number of pyridine rings is 1. The normalized spacial score (nSPS) is 12.2. The first-order valence-corrected chi connectivity index (χ1v) is 11.4. The van der Waals surface area contributed by atoms with E-state index in [9.17, 15) is 0 Å². The van der Waals surface area contributed by atoms with Crippen LogP contribution in [-0.2, 0) is 18.5 Å². The molecule has 3 aromatic rings. The minimum absolute atomic E-state index is 0.409. The van der Waals surface area contributed by atoms with Crippen LogP contribution in [0.2, 0.25) is 25.7 Å². The van der Waals surface area contributed by atoms with Crippen LogP contribution in [0.1, 0.15) is 0 Å². The standard InChI is InChI=1S/C15H22N6OSi/c1-20-9-14(17-10-20)12-7-15-13(8-16-12)18-19-21(15)11-22-5-6-23(2,3)4/h7-10H,5-6,11H2,1-4H3. The minimum atomic E-state index is -1.07. The van der Waals surface area contributed by atoms with Gasteiger partial charge in [-0.1, -0.05) is 24.9 Å². The molecular weight excluding hydrogens is 308 g/mol. The molecule has 0 N–H and O–H groups in total. The predicted octanol–water partition coefficient (Wildman–Crippen LogP) is 2.54. The Labute approximate surface area is 136 Å². The third kappa shape index (κ3) is 3.83. The number of hydrogen-bond acceptors (Lipinski definition) is 5. The van der Waals surface area contributed by atoms with E-state index in [0.717, 1.165) is 35.1 Å². The van der Waals surface area contributed by atoms with Crippen LogP contribution in [0, 0.1) is 0 Å². The van der Waals surface area contributed by atoms with Gasteiger partial charge in [-0.2, -0.15) is 0 Å². The van der Waals surface area contributed by atoms with E-state index in [1.807, 2.05) is 23.9 Å². The van der Waals surface area contributed by atoms with E-state index in [2.05, 4.69) is 39.9 Å². The van der Waals surface area contributed by atoms with Crippen LogP contribution in [0.15, 0.2) is 24.8 Å². The molecule has 0 atom stereocenters. The van der Waals surface area contributed by atoms with Crippen LogP contribution in [0.4, 0.5) is 0 Å². The van der Waals surface area contributed by atoms with Gasteiger partial charge in [0.1, 0.15) is 17.9 Å². The van der Waals surface area contributed by atoms with Crippen LogP contribution in [0.25, 0.3) is 22.4 Å². The van der Waals surface area contributed by atoms with Crippen molar-refractivity contribution in [3.8, 4) is 11.4 Å². The highest BCUT2D eigenvalue weighted by atomic mass is 28.3. The Morgan fingerprint density at radius 2 is 2.00 bits per heavy atom. The smallest absolute Gasteiger partial charge is 0.141 e.